The molecular formula is C23H24N2O2. The summed E-state index contributed by atoms with van der Waals surface area (Å²) in [5.41, 5.74) is 4.86. The van der Waals surface area contributed by atoms with Crippen molar-refractivity contribution < 1.29 is 9.90 Å². The maximum atomic E-state index is 12.3. The molecule has 138 valence electrons. The quantitative estimate of drug-likeness (QED) is 0.880. The first-order valence-electron chi connectivity index (χ1n) is 9.45. The van der Waals surface area contributed by atoms with Gasteiger partial charge in [-0.3, -0.25) is 4.79 Å². The number of rotatable bonds is 4. The Morgan fingerprint density at radius 2 is 2.07 bits per heavy atom. The van der Waals surface area contributed by atoms with Crippen LogP contribution < -0.4 is 0 Å². The molecule has 1 aromatic carbocycles. The standard InChI is InChI=1S/C23H24N2O2/c1-5-18-14(3)25-13-17-11-16-9-7-8-10-20(16)24-22(17)21(25)12-19(18)23(27,6-2)15(4)26/h7-12,27H,3,5-6,13H2,1-2,4H3/t23-/m1/s1. The Balaban J connectivity index is 1.95. The molecule has 2 aromatic rings. The van der Waals surface area contributed by atoms with E-state index in [1.54, 1.807) is 0 Å². The van der Waals surface area contributed by atoms with Gasteiger partial charge in [0.05, 0.1) is 23.5 Å². The summed E-state index contributed by atoms with van der Waals surface area (Å²) in [7, 11) is 0. The number of benzene rings is 1. The van der Waals surface area contributed by atoms with Gasteiger partial charge in [-0.15, -0.1) is 0 Å². The highest BCUT2D eigenvalue weighted by Crippen LogP contribution is 2.45. The van der Waals surface area contributed by atoms with Crippen molar-refractivity contribution >= 4 is 22.4 Å². The summed E-state index contributed by atoms with van der Waals surface area (Å²) in [5.74, 6) is -0.242. The van der Waals surface area contributed by atoms with E-state index >= 15 is 0 Å². The van der Waals surface area contributed by atoms with Crippen molar-refractivity contribution in [3.05, 3.63) is 71.1 Å². The van der Waals surface area contributed by atoms with Crippen LogP contribution in [0.25, 0.3) is 16.6 Å². The molecule has 0 unspecified atom stereocenters. The van der Waals surface area contributed by atoms with Crippen molar-refractivity contribution in [2.45, 2.75) is 45.8 Å². The Hall–Kier alpha value is -2.72. The first-order valence-corrected chi connectivity index (χ1v) is 9.45. The van der Waals surface area contributed by atoms with E-state index in [4.69, 9.17) is 4.98 Å². The normalized spacial score (nSPS) is 18.3. The molecule has 1 atom stereocenters. The minimum Gasteiger partial charge on any atom is -0.377 e. The first kappa shape index (κ1) is 17.7. The lowest BCUT2D eigenvalue weighted by Crippen LogP contribution is -2.40. The first-order chi connectivity index (χ1) is 12.9. The van der Waals surface area contributed by atoms with Gasteiger partial charge in [0.15, 0.2) is 5.78 Å². The number of Topliss-reactive ketones (excluding diaryl/α,β-unsaturated/α-hetero) is 1. The molecule has 2 aliphatic heterocycles. The molecule has 4 heteroatoms. The second kappa shape index (κ2) is 6.17. The maximum absolute atomic E-state index is 12.3. The van der Waals surface area contributed by atoms with Gasteiger partial charge < -0.3 is 10.0 Å². The Labute approximate surface area is 159 Å². The van der Waals surface area contributed by atoms with E-state index in [0.717, 1.165) is 39.1 Å². The fraction of sp³-hybridized carbons (Fsp3) is 0.304. The fourth-order valence-electron chi connectivity index (χ4n) is 4.21. The maximum Gasteiger partial charge on any atom is 0.165 e. The predicted molar refractivity (Wildman–Crippen MR) is 108 cm³/mol. The highest BCUT2D eigenvalue weighted by Gasteiger charge is 2.41. The second-order valence-electron chi connectivity index (χ2n) is 7.27. The number of aromatic nitrogens is 1. The SMILES string of the molecule is C=C1C(CC)=C([C@@](O)(CC)C(C)=O)C=C2c3nc4ccccc4cc3CN12. The molecule has 27 heavy (non-hydrogen) atoms. The Morgan fingerprint density at radius 3 is 2.74 bits per heavy atom. The number of fused-ring (bicyclic) bond motifs is 4. The third-order valence-corrected chi connectivity index (χ3v) is 5.84. The molecule has 2 aliphatic rings. The molecule has 0 saturated carbocycles. The number of pyridine rings is 1. The third kappa shape index (κ3) is 2.47. The molecule has 0 fully saturated rings. The van der Waals surface area contributed by atoms with Gasteiger partial charge >= 0.3 is 0 Å². The summed E-state index contributed by atoms with van der Waals surface area (Å²) >= 11 is 0. The molecule has 0 saturated heterocycles. The van der Waals surface area contributed by atoms with Crippen molar-refractivity contribution in [1.29, 1.82) is 0 Å². The molecule has 1 aromatic heterocycles. The highest BCUT2D eigenvalue weighted by atomic mass is 16.3. The van der Waals surface area contributed by atoms with E-state index in [2.05, 4.69) is 23.6 Å². The molecule has 0 radical (unpaired) electrons. The minimum absolute atomic E-state index is 0.242. The summed E-state index contributed by atoms with van der Waals surface area (Å²) in [4.78, 5) is 19.3. The second-order valence-corrected chi connectivity index (χ2v) is 7.27. The Bertz CT molecular complexity index is 1050. The topological polar surface area (TPSA) is 53.4 Å². The summed E-state index contributed by atoms with van der Waals surface area (Å²) < 4.78 is 0. The number of aliphatic hydroxyl groups is 1. The lowest BCUT2D eigenvalue weighted by Gasteiger charge is -2.36. The summed E-state index contributed by atoms with van der Waals surface area (Å²) in [5, 5.41) is 12.3. The molecular weight excluding hydrogens is 336 g/mol. The van der Waals surface area contributed by atoms with Crippen LogP contribution in [0, 0.1) is 0 Å². The van der Waals surface area contributed by atoms with Gasteiger partial charge in [-0.25, -0.2) is 4.98 Å². The zero-order valence-corrected chi connectivity index (χ0v) is 16.0. The van der Waals surface area contributed by atoms with Crippen molar-refractivity contribution in [1.82, 2.24) is 9.88 Å². The summed E-state index contributed by atoms with van der Waals surface area (Å²) in [6, 6.07) is 10.2. The number of hydrogen-bond acceptors (Lipinski definition) is 4. The van der Waals surface area contributed by atoms with Crippen molar-refractivity contribution in [2.75, 3.05) is 0 Å². The van der Waals surface area contributed by atoms with Crippen LogP contribution in [-0.2, 0) is 11.3 Å². The molecule has 0 bridgehead atoms. The zero-order valence-electron chi connectivity index (χ0n) is 16.0. The Morgan fingerprint density at radius 1 is 1.33 bits per heavy atom. The molecule has 4 rings (SSSR count). The average molecular weight is 360 g/mol. The van der Waals surface area contributed by atoms with Gasteiger partial charge in [0, 0.05) is 16.6 Å². The molecule has 0 spiro atoms. The van der Waals surface area contributed by atoms with Crippen LogP contribution in [0.15, 0.2) is 59.8 Å². The molecule has 1 N–H and O–H groups in total. The number of allylic oxidation sites excluding steroid dienone is 1. The highest BCUT2D eigenvalue weighted by molar-refractivity contribution is 5.92. The number of hydrogen-bond donors (Lipinski definition) is 1. The van der Waals surface area contributed by atoms with E-state index in [-0.39, 0.29) is 5.78 Å². The van der Waals surface area contributed by atoms with Gasteiger partial charge in [-0.1, -0.05) is 38.6 Å². The van der Waals surface area contributed by atoms with Gasteiger partial charge in [0.25, 0.3) is 0 Å². The predicted octanol–water partition coefficient (Wildman–Crippen LogP) is 4.36. The number of carbonyl (C=O) groups excluding carboxylic acids is 1. The molecule has 3 heterocycles. The van der Waals surface area contributed by atoms with Gasteiger partial charge in [-0.2, -0.15) is 0 Å². The summed E-state index contributed by atoms with van der Waals surface area (Å²) in [6.45, 7) is 10.3. The van der Waals surface area contributed by atoms with Crippen LogP contribution >= 0.6 is 0 Å². The van der Waals surface area contributed by atoms with Crippen molar-refractivity contribution in [3.63, 3.8) is 0 Å². The van der Waals surface area contributed by atoms with Gasteiger partial charge in [0.1, 0.15) is 5.60 Å². The average Bonchev–Trinajstić information content (AvgIpc) is 3.03. The monoisotopic (exact) mass is 360 g/mol. The van der Waals surface area contributed by atoms with Crippen LogP contribution in [-0.4, -0.2) is 26.4 Å². The molecule has 0 amide bonds. The Kier molecular flexibility index (Phi) is 4.04. The minimum atomic E-state index is -1.49. The number of nitrogens with zero attached hydrogens (tertiary/aromatic N) is 2. The van der Waals surface area contributed by atoms with E-state index in [9.17, 15) is 9.90 Å². The lowest BCUT2D eigenvalue weighted by atomic mass is 9.80. The number of para-hydroxylation sites is 1. The van der Waals surface area contributed by atoms with Crippen molar-refractivity contribution in [3.8, 4) is 0 Å². The molecule has 0 aliphatic carbocycles. The number of carbonyl (C=O) groups is 1. The van der Waals surface area contributed by atoms with Crippen LogP contribution in [0.1, 0.15) is 44.9 Å². The molecule has 4 nitrogen and oxygen atoms in total. The van der Waals surface area contributed by atoms with Crippen molar-refractivity contribution in [2.24, 2.45) is 0 Å². The van der Waals surface area contributed by atoms with Crippen LogP contribution in [0.2, 0.25) is 0 Å². The van der Waals surface area contributed by atoms with E-state index in [1.807, 2.05) is 38.1 Å². The third-order valence-electron chi connectivity index (χ3n) is 5.84. The fourth-order valence-corrected chi connectivity index (χ4v) is 4.21. The smallest absolute Gasteiger partial charge is 0.165 e. The van der Waals surface area contributed by atoms with E-state index < -0.39 is 5.60 Å². The van der Waals surface area contributed by atoms with E-state index in [0.29, 0.717) is 25.0 Å². The van der Waals surface area contributed by atoms with E-state index in [1.165, 1.54) is 6.92 Å². The van der Waals surface area contributed by atoms with Crippen LogP contribution in [0.3, 0.4) is 0 Å². The summed E-state index contributed by atoms with van der Waals surface area (Å²) in [6.07, 6.45) is 2.98. The zero-order chi connectivity index (χ0) is 19.3. The van der Waals surface area contributed by atoms with Gasteiger partial charge in [-0.05, 0) is 49.1 Å². The number of ketones is 1. The van der Waals surface area contributed by atoms with Gasteiger partial charge in [0.2, 0.25) is 0 Å². The van der Waals surface area contributed by atoms with Crippen LogP contribution in [0.4, 0.5) is 0 Å². The largest absolute Gasteiger partial charge is 0.377 e. The lowest BCUT2D eigenvalue weighted by molar-refractivity contribution is -0.131. The van der Waals surface area contributed by atoms with Crippen LogP contribution in [0.5, 0.6) is 0 Å².